The summed E-state index contributed by atoms with van der Waals surface area (Å²) < 4.78 is 0. The Bertz CT molecular complexity index is 529. The van der Waals surface area contributed by atoms with Gasteiger partial charge in [0.2, 0.25) is 0 Å². The van der Waals surface area contributed by atoms with Crippen molar-refractivity contribution in [2.24, 2.45) is 0 Å². The van der Waals surface area contributed by atoms with Crippen molar-refractivity contribution in [3.05, 3.63) is 48.2 Å². The Balaban J connectivity index is 1.97. The van der Waals surface area contributed by atoms with Crippen molar-refractivity contribution in [2.45, 2.75) is 6.54 Å². The number of pyridine rings is 1. The van der Waals surface area contributed by atoms with Crippen LogP contribution in [0.4, 0.5) is 5.82 Å². The molecule has 0 aliphatic rings. The Labute approximate surface area is 105 Å². The van der Waals surface area contributed by atoms with Gasteiger partial charge in [0, 0.05) is 26.0 Å². The first-order valence-electron chi connectivity index (χ1n) is 5.46. The number of aromatic nitrogens is 3. The van der Waals surface area contributed by atoms with Gasteiger partial charge in [0.25, 0.3) is 5.91 Å². The summed E-state index contributed by atoms with van der Waals surface area (Å²) in [4.78, 5) is 23.5. The van der Waals surface area contributed by atoms with E-state index in [0.717, 1.165) is 11.4 Å². The van der Waals surface area contributed by atoms with Crippen LogP contribution in [0.3, 0.4) is 0 Å². The van der Waals surface area contributed by atoms with E-state index in [-0.39, 0.29) is 5.91 Å². The number of amides is 1. The molecule has 1 amide bonds. The van der Waals surface area contributed by atoms with E-state index in [1.54, 1.807) is 19.3 Å². The maximum absolute atomic E-state index is 11.7. The van der Waals surface area contributed by atoms with Crippen molar-refractivity contribution in [3.63, 3.8) is 0 Å². The Morgan fingerprint density at radius 3 is 2.89 bits per heavy atom. The molecule has 0 aromatic carbocycles. The maximum Gasteiger partial charge on any atom is 0.270 e. The van der Waals surface area contributed by atoms with Crippen LogP contribution in [0.2, 0.25) is 0 Å². The molecule has 92 valence electrons. The summed E-state index contributed by atoms with van der Waals surface area (Å²) in [6, 6.07) is 5.29. The number of carbonyl (C=O) groups excluding carboxylic acids is 1. The third kappa shape index (κ3) is 3.00. The topological polar surface area (TPSA) is 79.8 Å². The van der Waals surface area contributed by atoms with Crippen molar-refractivity contribution in [2.75, 3.05) is 12.4 Å². The van der Waals surface area contributed by atoms with Crippen LogP contribution in [-0.2, 0) is 6.54 Å². The van der Waals surface area contributed by atoms with E-state index in [2.05, 4.69) is 25.6 Å². The Kier molecular flexibility index (Phi) is 3.80. The summed E-state index contributed by atoms with van der Waals surface area (Å²) in [5.74, 6) is 0.545. The first kappa shape index (κ1) is 12.0. The lowest BCUT2D eigenvalue weighted by molar-refractivity contribution is 0.0945. The highest BCUT2D eigenvalue weighted by atomic mass is 16.1. The van der Waals surface area contributed by atoms with Crippen LogP contribution >= 0.6 is 0 Å². The molecule has 0 fully saturated rings. The lowest BCUT2D eigenvalue weighted by atomic mass is 10.2. The third-order valence-electron chi connectivity index (χ3n) is 2.35. The van der Waals surface area contributed by atoms with Gasteiger partial charge in [0.05, 0.1) is 0 Å². The zero-order chi connectivity index (χ0) is 12.8. The van der Waals surface area contributed by atoms with Crippen molar-refractivity contribution in [1.82, 2.24) is 20.3 Å². The molecule has 2 rings (SSSR count). The van der Waals surface area contributed by atoms with Gasteiger partial charge in [0.1, 0.15) is 17.8 Å². The number of rotatable bonds is 4. The Morgan fingerprint density at radius 2 is 2.17 bits per heavy atom. The normalized spacial score (nSPS) is 9.83. The summed E-state index contributed by atoms with van der Waals surface area (Å²) in [5, 5.41) is 5.72. The summed E-state index contributed by atoms with van der Waals surface area (Å²) in [6.07, 6.45) is 4.58. The first-order chi connectivity index (χ1) is 8.79. The zero-order valence-electron chi connectivity index (χ0n) is 9.92. The molecule has 2 heterocycles. The number of nitrogens with zero attached hydrogens (tertiary/aromatic N) is 3. The lowest BCUT2D eigenvalue weighted by Gasteiger charge is -2.06. The average molecular weight is 243 g/mol. The fourth-order valence-corrected chi connectivity index (χ4v) is 1.42. The standard InChI is InChI=1S/C12H13N5O/c1-13-11-6-9(2-5-15-11)7-16-12(18)10-3-4-14-8-17-10/h2-6,8H,7H2,1H3,(H,13,15)(H,16,18). The molecule has 2 aromatic heterocycles. The third-order valence-corrected chi connectivity index (χ3v) is 2.35. The van der Waals surface area contributed by atoms with Crippen LogP contribution in [0.5, 0.6) is 0 Å². The van der Waals surface area contributed by atoms with E-state index in [0.29, 0.717) is 12.2 Å². The highest BCUT2D eigenvalue weighted by Gasteiger charge is 2.05. The van der Waals surface area contributed by atoms with E-state index in [1.807, 2.05) is 12.1 Å². The van der Waals surface area contributed by atoms with E-state index >= 15 is 0 Å². The molecule has 0 aliphatic heterocycles. The SMILES string of the molecule is CNc1cc(CNC(=O)c2ccncn2)ccn1. The van der Waals surface area contributed by atoms with Gasteiger partial charge in [-0.05, 0) is 23.8 Å². The molecular weight excluding hydrogens is 230 g/mol. The van der Waals surface area contributed by atoms with Crippen LogP contribution in [0, 0.1) is 0 Å². The monoisotopic (exact) mass is 243 g/mol. The van der Waals surface area contributed by atoms with Crippen molar-refractivity contribution in [1.29, 1.82) is 0 Å². The molecule has 0 saturated heterocycles. The number of hydrogen-bond donors (Lipinski definition) is 2. The van der Waals surface area contributed by atoms with Crippen molar-refractivity contribution in [3.8, 4) is 0 Å². The van der Waals surface area contributed by atoms with E-state index < -0.39 is 0 Å². The first-order valence-corrected chi connectivity index (χ1v) is 5.46. The predicted molar refractivity (Wildman–Crippen MR) is 67.0 cm³/mol. The van der Waals surface area contributed by atoms with Gasteiger partial charge in [-0.2, -0.15) is 0 Å². The minimum atomic E-state index is -0.222. The second kappa shape index (κ2) is 5.72. The smallest absolute Gasteiger partial charge is 0.270 e. The van der Waals surface area contributed by atoms with E-state index in [4.69, 9.17) is 0 Å². The van der Waals surface area contributed by atoms with Crippen LogP contribution in [0.15, 0.2) is 36.9 Å². The molecular formula is C12H13N5O. The van der Waals surface area contributed by atoms with Gasteiger partial charge in [-0.3, -0.25) is 4.79 Å². The van der Waals surface area contributed by atoms with E-state index in [9.17, 15) is 4.79 Å². The van der Waals surface area contributed by atoms with Gasteiger partial charge in [0.15, 0.2) is 0 Å². The molecule has 2 N–H and O–H groups in total. The molecule has 0 unspecified atom stereocenters. The quantitative estimate of drug-likeness (QED) is 0.832. The highest BCUT2D eigenvalue weighted by molar-refractivity contribution is 5.91. The van der Waals surface area contributed by atoms with Crippen molar-refractivity contribution >= 4 is 11.7 Å². The maximum atomic E-state index is 11.7. The predicted octanol–water partition coefficient (Wildman–Crippen LogP) is 0.843. The number of carbonyl (C=O) groups is 1. The van der Waals surface area contributed by atoms with Gasteiger partial charge >= 0.3 is 0 Å². The number of anilines is 1. The van der Waals surface area contributed by atoms with Gasteiger partial charge in [-0.1, -0.05) is 0 Å². The van der Waals surface area contributed by atoms with Gasteiger partial charge < -0.3 is 10.6 Å². The molecule has 0 saturated carbocycles. The highest BCUT2D eigenvalue weighted by Crippen LogP contribution is 2.05. The summed E-state index contributed by atoms with van der Waals surface area (Å²) in [7, 11) is 1.80. The number of nitrogens with one attached hydrogen (secondary N) is 2. The van der Waals surface area contributed by atoms with Crippen molar-refractivity contribution < 1.29 is 4.79 Å². The van der Waals surface area contributed by atoms with Gasteiger partial charge in [-0.25, -0.2) is 15.0 Å². The van der Waals surface area contributed by atoms with Gasteiger partial charge in [-0.15, -0.1) is 0 Å². The summed E-state index contributed by atoms with van der Waals surface area (Å²) in [6.45, 7) is 0.431. The van der Waals surface area contributed by atoms with Crippen LogP contribution < -0.4 is 10.6 Å². The van der Waals surface area contributed by atoms with Crippen LogP contribution in [0.1, 0.15) is 16.1 Å². The molecule has 18 heavy (non-hydrogen) atoms. The minimum Gasteiger partial charge on any atom is -0.373 e. The number of hydrogen-bond acceptors (Lipinski definition) is 5. The molecule has 0 spiro atoms. The molecule has 2 aromatic rings. The fraction of sp³-hybridized carbons (Fsp3) is 0.167. The summed E-state index contributed by atoms with van der Waals surface area (Å²) >= 11 is 0. The van der Waals surface area contributed by atoms with Crippen LogP contribution in [0.25, 0.3) is 0 Å². The fourth-order valence-electron chi connectivity index (χ4n) is 1.42. The second-order valence-corrected chi connectivity index (χ2v) is 3.58. The largest absolute Gasteiger partial charge is 0.373 e. The Hall–Kier alpha value is -2.50. The molecule has 6 nitrogen and oxygen atoms in total. The Morgan fingerprint density at radius 1 is 1.28 bits per heavy atom. The molecule has 0 bridgehead atoms. The van der Waals surface area contributed by atoms with E-state index in [1.165, 1.54) is 12.5 Å². The zero-order valence-corrected chi connectivity index (χ0v) is 9.92. The molecule has 6 heteroatoms. The minimum absolute atomic E-state index is 0.222. The second-order valence-electron chi connectivity index (χ2n) is 3.58. The molecule has 0 radical (unpaired) electrons. The molecule has 0 atom stereocenters. The summed E-state index contributed by atoms with van der Waals surface area (Å²) in [5.41, 5.74) is 1.32. The molecule has 0 aliphatic carbocycles. The average Bonchev–Trinajstić information content (AvgIpc) is 2.46. The lowest BCUT2D eigenvalue weighted by Crippen LogP contribution is -2.23. The van der Waals surface area contributed by atoms with Crippen LogP contribution in [-0.4, -0.2) is 27.9 Å².